The van der Waals surface area contributed by atoms with Crippen LogP contribution in [0.1, 0.15) is 15.4 Å². The fourth-order valence-electron chi connectivity index (χ4n) is 2.50. The minimum Gasteiger partial charge on any atom is -0.346 e. The molecule has 1 unspecified atom stereocenters. The molecule has 3 aromatic rings. The number of hydrogen-bond donors (Lipinski definition) is 2. The molecule has 0 bridgehead atoms. The van der Waals surface area contributed by atoms with E-state index in [-0.39, 0.29) is 24.3 Å². The van der Waals surface area contributed by atoms with Gasteiger partial charge in [0.25, 0.3) is 5.91 Å². The van der Waals surface area contributed by atoms with Crippen molar-refractivity contribution in [2.24, 2.45) is 12.8 Å². The van der Waals surface area contributed by atoms with Gasteiger partial charge in [0, 0.05) is 32.0 Å². The van der Waals surface area contributed by atoms with Crippen LogP contribution in [-0.4, -0.2) is 33.3 Å². The van der Waals surface area contributed by atoms with Crippen molar-refractivity contribution >= 4 is 17.2 Å². The van der Waals surface area contributed by atoms with E-state index in [4.69, 9.17) is 5.73 Å². The Labute approximate surface area is 148 Å². The number of carbonyl (C=O) groups is 1. The maximum Gasteiger partial charge on any atom is 0.280 e. The highest BCUT2D eigenvalue weighted by Gasteiger charge is 2.17. The molecule has 1 aromatic carbocycles. The van der Waals surface area contributed by atoms with Crippen molar-refractivity contribution in [3.05, 3.63) is 59.1 Å². The molecular formula is C17H18FN5OS. The van der Waals surface area contributed by atoms with Crippen LogP contribution in [0.3, 0.4) is 0 Å². The quantitative estimate of drug-likeness (QED) is 0.705. The second-order valence-electron chi connectivity index (χ2n) is 5.61. The van der Waals surface area contributed by atoms with E-state index >= 15 is 0 Å². The zero-order valence-corrected chi connectivity index (χ0v) is 14.5. The fourth-order valence-corrected chi connectivity index (χ4v) is 3.38. The van der Waals surface area contributed by atoms with E-state index in [1.54, 1.807) is 23.1 Å². The third-order valence-corrected chi connectivity index (χ3v) is 4.78. The van der Waals surface area contributed by atoms with Gasteiger partial charge in [-0.25, -0.2) is 9.37 Å². The van der Waals surface area contributed by atoms with Gasteiger partial charge in [-0.05, 0) is 30.2 Å². The first-order valence-corrected chi connectivity index (χ1v) is 8.58. The third-order valence-electron chi connectivity index (χ3n) is 3.76. The van der Waals surface area contributed by atoms with Crippen molar-refractivity contribution < 1.29 is 9.18 Å². The summed E-state index contributed by atoms with van der Waals surface area (Å²) in [6.45, 7) is 0.252. The maximum absolute atomic E-state index is 13.3. The summed E-state index contributed by atoms with van der Waals surface area (Å²) in [6, 6.07) is 7.84. The lowest BCUT2D eigenvalue weighted by molar-refractivity contribution is 0.0937. The summed E-state index contributed by atoms with van der Waals surface area (Å²) in [5, 5.41) is 7.33. The molecule has 0 saturated heterocycles. The second kappa shape index (κ2) is 7.54. The zero-order chi connectivity index (χ0) is 17.8. The lowest BCUT2D eigenvalue weighted by Gasteiger charge is -2.16. The number of nitrogens with zero attached hydrogens (tertiary/aromatic N) is 3. The van der Waals surface area contributed by atoms with Crippen molar-refractivity contribution in [2.45, 2.75) is 12.5 Å². The molecule has 25 heavy (non-hydrogen) atoms. The fraction of sp³-hybridized carbons (Fsp3) is 0.235. The maximum atomic E-state index is 13.3. The highest BCUT2D eigenvalue weighted by Crippen LogP contribution is 2.25. The Bertz CT molecular complexity index is 875. The van der Waals surface area contributed by atoms with Crippen molar-refractivity contribution in [1.82, 2.24) is 20.1 Å². The van der Waals surface area contributed by atoms with Crippen LogP contribution in [0.15, 0.2) is 42.7 Å². The first-order chi connectivity index (χ1) is 12.1. The summed E-state index contributed by atoms with van der Waals surface area (Å²) >= 11 is 1.29. The van der Waals surface area contributed by atoms with Gasteiger partial charge in [0.05, 0.1) is 10.6 Å². The van der Waals surface area contributed by atoms with Gasteiger partial charge in [-0.1, -0.05) is 12.1 Å². The molecule has 1 amide bonds. The normalized spacial score (nSPS) is 12.1. The Morgan fingerprint density at radius 2 is 2.28 bits per heavy atom. The van der Waals surface area contributed by atoms with E-state index in [9.17, 15) is 9.18 Å². The number of halogens is 1. The molecule has 0 aliphatic heterocycles. The van der Waals surface area contributed by atoms with Crippen molar-refractivity contribution in [3.8, 4) is 10.6 Å². The number of benzene rings is 1. The number of nitrogens with one attached hydrogen (secondary N) is 1. The number of aromatic nitrogens is 3. The molecule has 2 heterocycles. The molecule has 0 aliphatic carbocycles. The van der Waals surface area contributed by atoms with Gasteiger partial charge in [-0.15, -0.1) is 11.3 Å². The van der Waals surface area contributed by atoms with E-state index in [1.807, 2.05) is 19.2 Å². The molecular weight excluding hydrogens is 341 g/mol. The van der Waals surface area contributed by atoms with Crippen LogP contribution in [0.25, 0.3) is 10.6 Å². The highest BCUT2D eigenvalue weighted by molar-refractivity contribution is 7.16. The highest BCUT2D eigenvalue weighted by atomic mass is 32.1. The van der Waals surface area contributed by atoms with Gasteiger partial charge >= 0.3 is 0 Å². The van der Waals surface area contributed by atoms with E-state index in [1.165, 1.54) is 23.5 Å². The monoisotopic (exact) mass is 359 g/mol. The summed E-state index contributed by atoms with van der Waals surface area (Å²) in [4.78, 5) is 17.5. The molecule has 0 aliphatic rings. The Morgan fingerprint density at radius 3 is 2.96 bits per heavy atom. The van der Waals surface area contributed by atoms with Crippen LogP contribution in [0.2, 0.25) is 0 Å². The second-order valence-corrected chi connectivity index (χ2v) is 6.64. The molecule has 0 spiro atoms. The van der Waals surface area contributed by atoms with Crippen LogP contribution in [-0.2, 0) is 13.5 Å². The Hall–Kier alpha value is -2.58. The van der Waals surface area contributed by atoms with Crippen LogP contribution in [0.5, 0.6) is 0 Å². The van der Waals surface area contributed by atoms with Crippen molar-refractivity contribution in [2.75, 3.05) is 6.54 Å². The molecule has 3 rings (SSSR count). The van der Waals surface area contributed by atoms with E-state index in [0.717, 1.165) is 16.1 Å². The Morgan fingerprint density at radius 1 is 1.44 bits per heavy atom. The van der Waals surface area contributed by atoms with Gasteiger partial charge in [0.1, 0.15) is 5.82 Å². The summed E-state index contributed by atoms with van der Waals surface area (Å²) < 4.78 is 15.0. The smallest absolute Gasteiger partial charge is 0.280 e. The zero-order valence-electron chi connectivity index (χ0n) is 13.6. The standard InChI is InChI=1S/C17H18FN5OS/c1-23-14(5-6-21-23)15-10-20-17(25-15)16(24)22-13(9-19)8-11-3-2-4-12(18)7-11/h2-7,10,13H,8-9,19H2,1H3,(H,22,24). The first-order valence-electron chi connectivity index (χ1n) is 7.76. The Kier molecular flexibility index (Phi) is 5.20. The minimum absolute atomic E-state index is 0.252. The number of aryl methyl sites for hydroxylation is 1. The number of hydrogen-bond acceptors (Lipinski definition) is 5. The van der Waals surface area contributed by atoms with Crippen LogP contribution in [0, 0.1) is 5.82 Å². The van der Waals surface area contributed by atoms with Crippen molar-refractivity contribution in [3.63, 3.8) is 0 Å². The molecule has 0 saturated carbocycles. The van der Waals surface area contributed by atoms with Gasteiger partial charge < -0.3 is 11.1 Å². The van der Waals surface area contributed by atoms with E-state index < -0.39 is 0 Å². The van der Waals surface area contributed by atoms with Crippen LogP contribution >= 0.6 is 11.3 Å². The number of thiazole rings is 1. The van der Waals surface area contributed by atoms with Gasteiger partial charge in [-0.3, -0.25) is 9.48 Å². The molecule has 1 atom stereocenters. The minimum atomic E-state index is -0.305. The predicted octanol–water partition coefficient (Wildman–Crippen LogP) is 1.98. The largest absolute Gasteiger partial charge is 0.346 e. The topological polar surface area (TPSA) is 85.8 Å². The molecule has 2 aromatic heterocycles. The van der Waals surface area contributed by atoms with Crippen LogP contribution in [0.4, 0.5) is 4.39 Å². The van der Waals surface area contributed by atoms with Gasteiger partial charge in [0.2, 0.25) is 0 Å². The SMILES string of the molecule is Cn1nccc1-c1cnc(C(=O)NC(CN)Cc2cccc(F)c2)s1. The predicted molar refractivity (Wildman–Crippen MR) is 94.7 cm³/mol. The summed E-state index contributed by atoms with van der Waals surface area (Å²) in [5.41, 5.74) is 7.43. The van der Waals surface area contributed by atoms with Gasteiger partial charge in [0.15, 0.2) is 5.01 Å². The van der Waals surface area contributed by atoms with Crippen molar-refractivity contribution in [1.29, 1.82) is 0 Å². The molecule has 8 heteroatoms. The van der Waals surface area contributed by atoms with E-state index in [0.29, 0.717) is 11.4 Å². The molecule has 6 nitrogen and oxygen atoms in total. The third kappa shape index (κ3) is 4.09. The molecule has 0 fully saturated rings. The number of nitrogens with two attached hydrogens (primary N) is 1. The summed E-state index contributed by atoms with van der Waals surface area (Å²) in [6.07, 6.45) is 3.80. The number of carbonyl (C=O) groups excluding carboxylic acids is 1. The van der Waals surface area contributed by atoms with E-state index in [2.05, 4.69) is 15.4 Å². The van der Waals surface area contributed by atoms with Gasteiger partial charge in [-0.2, -0.15) is 5.10 Å². The average Bonchev–Trinajstić information content (AvgIpc) is 3.22. The lowest BCUT2D eigenvalue weighted by atomic mass is 10.1. The Balaban J connectivity index is 1.68. The summed E-state index contributed by atoms with van der Waals surface area (Å²) in [5.74, 6) is -0.592. The van der Waals surface area contributed by atoms with Crippen LogP contribution < -0.4 is 11.1 Å². The number of amides is 1. The lowest BCUT2D eigenvalue weighted by Crippen LogP contribution is -2.41. The molecule has 130 valence electrons. The number of rotatable bonds is 6. The summed E-state index contributed by atoms with van der Waals surface area (Å²) in [7, 11) is 1.83. The average molecular weight is 359 g/mol. The molecule has 3 N–H and O–H groups in total. The first kappa shape index (κ1) is 17.2. The molecule has 0 radical (unpaired) electrons.